The molecule has 1 aromatic heterocycles. The molecule has 1 saturated heterocycles. The van der Waals surface area contributed by atoms with E-state index in [9.17, 15) is 9.59 Å². The van der Waals surface area contributed by atoms with Crippen molar-refractivity contribution in [2.45, 2.75) is 19.9 Å². The van der Waals surface area contributed by atoms with Crippen LogP contribution in [0.3, 0.4) is 0 Å². The van der Waals surface area contributed by atoms with Crippen LogP contribution >= 0.6 is 0 Å². The summed E-state index contributed by atoms with van der Waals surface area (Å²) in [6, 6.07) is 17.9. The third kappa shape index (κ3) is 3.86. The normalized spacial score (nSPS) is 16.1. The van der Waals surface area contributed by atoms with Crippen LogP contribution in [-0.4, -0.2) is 64.5 Å². The predicted octanol–water partition coefficient (Wildman–Crippen LogP) is 2.88. The maximum Gasteiger partial charge on any atom is 0.274 e. The Bertz CT molecular complexity index is 1110. The van der Waals surface area contributed by atoms with Crippen LogP contribution in [0.5, 0.6) is 0 Å². The molecule has 3 heterocycles. The maximum atomic E-state index is 13.3. The number of nitrogens with zero attached hydrogens (tertiary/aromatic N) is 4. The summed E-state index contributed by atoms with van der Waals surface area (Å²) in [5.74, 6) is -0.0634. The summed E-state index contributed by atoms with van der Waals surface area (Å²) >= 11 is 0. The second kappa shape index (κ2) is 8.49. The van der Waals surface area contributed by atoms with Crippen LogP contribution in [-0.2, 0) is 13.0 Å². The van der Waals surface area contributed by atoms with Crippen molar-refractivity contribution in [1.29, 1.82) is 0 Å². The molecule has 0 unspecified atom stereocenters. The molecule has 3 aromatic rings. The number of aryl methyl sites for hydroxylation is 1. The summed E-state index contributed by atoms with van der Waals surface area (Å²) in [6.07, 6.45) is 0.676. The zero-order chi connectivity index (χ0) is 22.1. The molecule has 2 aromatic carbocycles. The van der Waals surface area contributed by atoms with Crippen LogP contribution in [0.25, 0.3) is 0 Å². The molecule has 164 valence electrons. The largest absolute Gasteiger partial charge is 0.368 e. The lowest BCUT2D eigenvalue weighted by molar-refractivity contribution is 0.0709. The van der Waals surface area contributed by atoms with E-state index >= 15 is 0 Å². The van der Waals surface area contributed by atoms with Crippen molar-refractivity contribution in [2.24, 2.45) is 0 Å². The molecule has 5 rings (SSSR count). The van der Waals surface area contributed by atoms with Gasteiger partial charge in [0.15, 0.2) is 5.69 Å². The van der Waals surface area contributed by atoms with Crippen molar-refractivity contribution < 1.29 is 9.59 Å². The van der Waals surface area contributed by atoms with Crippen molar-refractivity contribution in [1.82, 2.24) is 20.0 Å². The van der Waals surface area contributed by atoms with Crippen LogP contribution < -0.4 is 4.90 Å². The van der Waals surface area contributed by atoms with Gasteiger partial charge in [0.1, 0.15) is 0 Å². The van der Waals surface area contributed by atoms with Crippen molar-refractivity contribution in [3.05, 3.63) is 82.7 Å². The number of amides is 2. The molecule has 0 bridgehead atoms. The Kier molecular flexibility index (Phi) is 5.39. The van der Waals surface area contributed by atoms with Gasteiger partial charge >= 0.3 is 0 Å². The molecular formula is C25H27N5O2. The zero-order valence-electron chi connectivity index (χ0n) is 18.3. The van der Waals surface area contributed by atoms with E-state index in [0.29, 0.717) is 43.9 Å². The summed E-state index contributed by atoms with van der Waals surface area (Å²) < 4.78 is 0. The first-order chi connectivity index (χ1) is 15.6. The number of anilines is 1. The molecule has 2 aliphatic rings. The summed E-state index contributed by atoms with van der Waals surface area (Å²) in [6.45, 7) is 5.92. The number of carbonyl (C=O) groups excluding carboxylic acids is 2. The Labute approximate surface area is 187 Å². The summed E-state index contributed by atoms with van der Waals surface area (Å²) in [5, 5.41) is 7.40. The number of hydrogen-bond acceptors (Lipinski definition) is 4. The summed E-state index contributed by atoms with van der Waals surface area (Å²) in [5.41, 5.74) is 5.25. The number of aromatic amines is 1. The summed E-state index contributed by atoms with van der Waals surface area (Å²) in [7, 11) is 0. The number of hydrogen-bond donors (Lipinski definition) is 1. The van der Waals surface area contributed by atoms with Crippen LogP contribution in [0.1, 0.15) is 37.7 Å². The Hall–Kier alpha value is -3.61. The lowest BCUT2D eigenvalue weighted by atomic mass is 10.0. The van der Waals surface area contributed by atoms with E-state index in [1.54, 1.807) is 0 Å². The number of aromatic nitrogens is 2. The second-order valence-corrected chi connectivity index (χ2v) is 8.49. The van der Waals surface area contributed by atoms with Gasteiger partial charge in [0.05, 0.1) is 6.54 Å². The smallest absolute Gasteiger partial charge is 0.274 e. The molecular weight excluding hydrogens is 402 g/mol. The number of fused-ring (bicyclic) bond motifs is 1. The highest BCUT2D eigenvalue weighted by Gasteiger charge is 2.31. The van der Waals surface area contributed by atoms with Crippen LogP contribution in [0.2, 0.25) is 0 Å². The van der Waals surface area contributed by atoms with Gasteiger partial charge < -0.3 is 14.7 Å². The Balaban J connectivity index is 1.28. The van der Waals surface area contributed by atoms with Crippen LogP contribution in [0.4, 0.5) is 5.69 Å². The van der Waals surface area contributed by atoms with E-state index in [1.807, 2.05) is 59.2 Å². The van der Waals surface area contributed by atoms with E-state index < -0.39 is 0 Å². The molecule has 7 heteroatoms. The number of rotatable bonds is 3. The van der Waals surface area contributed by atoms with Gasteiger partial charge in [0.25, 0.3) is 11.8 Å². The van der Waals surface area contributed by atoms with E-state index in [1.165, 1.54) is 5.69 Å². The number of para-hydroxylation sites is 1. The number of piperazine rings is 1. The van der Waals surface area contributed by atoms with Gasteiger partial charge in [-0.25, -0.2) is 0 Å². The van der Waals surface area contributed by atoms with Crippen molar-refractivity contribution >= 4 is 17.5 Å². The quantitative estimate of drug-likeness (QED) is 0.695. The predicted molar refractivity (Wildman–Crippen MR) is 123 cm³/mol. The minimum atomic E-state index is -0.0557. The van der Waals surface area contributed by atoms with Crippen molar-refractivity contribution in [3.63, 3.8) is 0 Å². The highest BCUT2D eigenvalue weighted by atomic mass is 16.2. The third-order valence-corrected chi connectivity index (χ3v) is 6.41. The van der Waals surface area contributed by atoms with E-state index in [2.05, 4.69) is 27.2 Å². The van der Waals surface area contributed by atoms with Gasteiger partial charge in [-0.2, -0.15) is 5.10 Å². The first-order valence-electron chi connectivity index (χ1n) is 11.1. The first kappa shape index (κ1) is 20.3. The maximum absolute atomic E-state index is 13.3. The zero-order valence-corrected chi connectivity index (χ0v) is 18.3. The van der Waals surface area contributed by atoms with E-state index in [4.69, 9.17) is 0 Å². The summed E-state index contributed by atoms with van der Waals surface area (Å²) in [4.78, 5) is 32.3. The molecule has 2 amide bonds. The number of H-pyrrole nitrogens is 1. The highest BCUT2D eigenvalue weighted by Crippen LogP contribution is 2.24. The monoisotopic (exact) mass is 429 g/mol. The SMILES string of the molecule is Cc1ccc(C(=O)N2CCc3[nH]nc(C(=O)N4CCN(c5ccccc5)CC4)c3C2)cc1. The van der Waals surface area contributed by atoms with Crippen molar-refractivity contribution in [2.75, 3.05) is 37.6 Å². The molecule has 0 aliphatic carbocycles. The van der Waals surface area contributed by atoms with E-state index in [0.717, 1.165) is 29.9 Å². The molecule has 7 nitrogen and oxygen atoms in total. The first-order valence-corrected chi connectivity index (χ1v) is 11.1. The van der Waals surface area contributed by atoms with Crippen molar-refractivity contribution in [3.8, 4) is 0 Å². The van der Waals surface area contributed by atoms with Gasteiger partial charge in [-0.1, -0.05) is 35.9 Å². The Morgan fingerprint density at radius 3 is 2.28 bits per heavy atom. The molecule has 0 spiro atoms. The van der Waals surface area contributed by atoms with Gasteiger partial charge in [-0.05, 0) is 31.2 Å². The Morgan fingerprint density at radius 1 is 0.844 bits per heavy atom. The lowest BCUT2D eigenvalue weighted by Crippen LogP contribution is -2.49. The number of carbonyl (C=O) groups is 2. The standard InChI is InChI=1S/C25H27N5O2/c1-18-7-9-19(10-8-18)24(31)30-12-11-22-21(17-30)23(27-26-22)25(32)29-15-13-28(14-16-29)20-5-3-2-4-6-20/h2-10H,11-17H2,1H3,(H,26,27). The molecule has 0 saturated carbocycles. The molecule has 32 heavy (non-hydrogen) atoms. The fraction of sp³-hybridized carbons (Fsp3) is 0.320. The molecule has 2 aliphatic heterocycles. The van der Waals surface area contributed by atoms with Gasteiger partial charge in [0.2, 0.25) is 0 Å². The highest BCUT2D eigenvalue weighted by molar-refractivity contribution is 5.96. The fourth-order valence-corrected chi connectivity index (χ4v) is 4.48. The topological polar surface area (TPSA) is 72.5 Å². The van der Waals surface area contributed by atoms with Crippen LogP contribution in [0.15, 0.2) is 54.6 Å². The molecule has 0 radical (unpaired) electrons. The average molecular weight is 430 g/mol. The van der Waals surface area contributed by atoms with Crippen LogP contribution in [0, 0.1) is 6.92 Å². The minimum absolute atomic E-state index is 0.00766. The number of benzene rings is 2. The van der Waals surface area contributed by atoms with Gasteiger partial charge in [-0.15, -0.1) is 0 Å². The Morgan fingerprint density at radius 2 is 1.56 bits per heavy atom. The molecule has 0 atom stereocenters. The average Bonchev–Trinajstić information content (AvgIpc) is 3.27. The third-order valence-electron chi connectivity index (χ3n) is 6.41. The second-order valence-electron chi connectivity index (χ2n) is 8.49. The van der Waals surface area contributed by atoms with Gasteiger partial charge in [-0.3, -0.25) is 14.7 Å². The fourth-order valence-electron chi connectivity index (χ4n) is 4.48. The van der Waals surface area contributed by atoms with Gasteiger partial charge in [0, 0.05) is 61.7 Å². The molecule has 1 fully saturated rings. The number of nitrogens with one attached hydrogen (secondary N) is 1. The molecule has 1 N–H and O–H groups in total. The lowest BCUT2D eigenvalue weighted by Gasteiger charge is -2.36. The van der Waals surface area contributed by atoms with E-state index in [-0.39, 0.29) is 11.8 Å². The minimum Gasteiger partial charge on any atom is -0.368 e.